The summed E-state index contributed by atoms with van der Waals surface area (Å²) in [5, 5.41) is 6.92. The minimum absolute atomic E-state index is 0.189. The third-order valence-corrected chi connectivity index (χ3v) is 3.85. The average molecular weight is 283 g/mol. The second-order valence-electron chi connectivity index (χ2n) is 4.43. The highest BCUT2D eigenvalue weighted by Crippen LogP contribution is 2.15. The van der Waals surface area contributed by atoms with Crippen molar-refractivity contribution in [1.29, 1.82) is 0 Å². The molecule has 0 fully saturated rings. The van der Waals surface area contributed by atoms with Crippen LogP contribution in [-0.2, 0) is 0 Å². The molecule has 0 bridgehead atoms. The first kappa shape index (κ1) is 12.6. The summed E-state index contributed by atoms with van der Waals surface area (Å²) in [7, 11) is 0. The number of hydrazone groups is 1. The molecule has 0 atom stereocenters. The minimum Gasteiger partial charge on any atom is -0.361 e. The molecule has 1 amide bonds. The van der Waals surface area contributed by atoms with E-state index in [0.29, 0.717) is 5.56 Å². The van der Waals surface area contributed by atoms with Crippen LogP contribution in [0.4, 0.5) is 0 Å². The SMILES string of the molecule is Cc1cc(C(=O)N/N=C/c2c[nH]c3ccccc23)cs1. The number of hydrogen-bond donors (Lipinski definition) is 2. The number of fused-ring (bicyclic) bond motifs is 1. The summed E-state index contributed by atoms with van der Waals surface area (Å²) in [6.07, 6.45) is 3.52. The second kappa shape index (κ2) is 5.30. The Morgan fingerprint density at radius 1 is 1.40 bits per heavy atom. The molecule has 0 saturated carbocycles. The van der Waals surface area contributed by atoms with Crippen molar-refractivity contribution in [1.82, 2.24) is 10.4 Å². The number of H-pyrrole nitrogens is 1. The summed E-state index contributed by atoms with van der Waals surface area (Å²) in [4.78, 5) is 16.1. The van der Waals surface area contributed by atoms with Gasteiger partial charge >= 0.3 is 0 Å². The second-order valence-corrected chi connectivity index (χ2v) is 5.55. The first-order valence-corrected chi connectivity index (χ1v) is 7.06. The zero-order chi connectivity index (χ0) is 13.9. The highest BCUT2D eigenvalue weighted by molar-refractivity contribution is 7.10. The highest BCUT2D eigenvalue weighted by Gasteiger charge is 2.05. The van der Waals surface area contributed by atoms with Crippen molar-refractivity contribution in [3.8, 4) is 0 Å². The van der Waals surface area contributed by atoms with Gasteiger partial charge < -0.3 is 4.98 Å². The number of rotatable bonds is 3. The molecule has 20 heavy (non-hydrogen) atoms. The third-order valence-electron chi connectivity index (χ3n) is 2.98. The van der Waals surface area contributed by atoms with Crippen LogP contribution in [0, 0.1) is 6.92 Å². The molecule has 0 aliphatic heterocycles. The minimum atomic E-state index is -0.189. The molecule has 0 radical (unpaired) electrons. The largest absolute Gasteiger partial charge is 0.361 e. The molecule has 0 aliphatic rings. The van der Waals surface area contributed by atoms with Crippen LogP contribution in [0.15, 0.2) is 47.0 Å². The van der Waals surface area contributed by atoms with E-state index in [0.717, 1.165) is 21.3 Å². The molecule has 4 nitrogen and oxygen atoms in total. The van der Waals surface area contributed by atoms with Crippen LogP contribution >= 0.6 is 11.3 Å². The van der Waals surface area contributed by atoms with Crippen molar-refractivity contribution in [3.05, 3.63) is 57.9 Å². The zero-order valence-corrected chi connectivity index (χ0v) is 11.7. The number of thiophene rings is 1. The number of aromatic amines is 1. The Hall–Kier alpha value is -2.40. The fraction of sp³-hybridized carbons (Fsp3) is 0.0667. The predicted molar refractivity (Wildman–Crippen MR) is 82.4 cm³/mol. The molecule has 3 aromatic rings. The van der Waals surface area contributed by atoms with Gasteiger partial charge in [0.05, 0.1) is 11.8 Å². The Bertz CT molecular complexity index is 785. The fourth-order valence-corrected chi connectivity index (χ4v) is 2.67. The molecular weight excluding hydrogens is 270 g/mol. The molecule has 0 spiro atoms. The van der Waals surface area contributed by atoms with Gasteiger partial charge in [-0.1, -0.05) is 18.2 Å². The number of benzene rings is 1. The topological polar surface area (TPSA) is 57.2 Å². The van der Waals surface area contributed by atoms with Crippen molar-refractivity contribution in [3.63, 3.8) is 0 Å². The van der Waals surface area contributed by atoms with Crippen LogP contribution < -0.4 is 5.43 Å². The molecule has 0 saturated heterocycles. The standard InChI is InChI=1S/C15H13N3OS/c1-10-6-11(9-20-10)15(19)18-17-8-12-7-16-14-5-3-2-4-13(12)14/h2-9,16H,1H3,(H,18,19)/b17-8+. The lowest BCUT2D eigenvalue weighted by atomic mass is 10.2. The number of carbonyl (C=O) groups excluding carboxylic acids is 1. The molecule has 0 unspecified atom stereocenters. The maximum Gasteiger partial charge on any atom is 0.272 e. The Kier molecular flexibility index (Phi) is 3.35. The van der Waals surface area contributed by atoms with Crippen LogP contribution in [0.3, 0.4) is 0 Å². The number of para-hydroxylation sites is 1. The molecular formula is C15H13N3OS. The quantitative estimate of drug-likeness (QED) is 0.562. The first-order chi connectivity index (χ1) is 9.74. The van der Waals surface area contributed by atoms with E-state index in [9.17, 15) is 4.79 Å². The lowest BCUT2D eigenvalue weighted by Gasteiger charge is -1.95. The monoisotopic (exact) mass is 283 g/mol. The molecule has 0 aliphatic carbocycles. The lowest BCUT2D eigenvalue weighted by Crippen LogP contribution is -2.16. The summed E-state index contributed by atoms with van der Waals surface area (Å²) in [5.74, 6) is -0.189. The van der Waals surface area contributed by atoms with E-state index >= 15 is 0 Å². The van der Waals surface area contributed by atoms with Crippen LogP contribution in [0.25, 0.3) is 10.9 Å². The molecule has 2 heterocycles. The van der Waals surface area contributed by atoms with Crippen molar-refractivity contribution in [2.75, 3.05) is 0 Å². The summed E-state index contributed by atoms with van der Waals surface area (Å²) in [5.41, 5.74) is 5.18. The Balaban J connectivity index is 1.73. The van der Waals surface area contributed by atoms with E-state index in [1.807, 2.05) is 48.8 Å². The van der Waals surface area contributed by atoms with Gasteiger partial charge in [0.25, 0.3) is 5.91 Å². The number of hydrogen-bond acceptors (Lipinski definition) is 3. The maximum atomic E-state index is 11.8. The predicted octanol–water partition coefficient (Wildman–Crippen LogP) is 3.30. The lowest BCUT2D eigenvalue weighted by molar-refractivity contribution is 0.0955. The van der Waals surface area contributed by atoms with E-state index in [-0.39, 0.29) is 5.91 Å². The average Bonchev–Trinajstić information content (AvgIpc) is 3.06. The van der Waals surface area contributed by atoms with Crippen LogP contribution in [-0.4, -0.2) is 17.1 Å². The van der Waals surface area contributed by atoms with E-state index in [1.165, 1.54) is 0 Å². The summed E-state index contributed by atoms with van der Waals surface area (Å²) < 4.78 is 0. The first-order valence-electron chi connectivity index (χ1n) is 6.19. The Morgan fingerprint density at radius 2 is 2.25 bits per heavy atom. The van der Waals surface area contributed by atoms with Gasteiger partial charge in [-0.05, 0) is 19.1 Å². The van der Waals surface area contributed by atoms with Gasteiger partial charge in [0.15, 0.2) is 0 Å². The van der Waals surface area contributed by atoms with E-state index in [2.05, 4.69) is 15.5 Å². The van der Waals surface area contributed by atoms with Crippen LogP contribution in [0.1, 0.15) is 20.8 Å². The van der Waals surface area contributed by atoms with Crippen molar-refractivity contribution in [2.24, 2.45) is 5.10 Å². The summed E-state index contributed by atoms with van der Waals surface area (Å²) in [6, 6.07) is 9.80. The normalized spacial score (nSPS) is 11.2. The van der Waals surface area contributed by atoms with Gasteiger partial charge in [0.2, 0.25) is 0 Å². The number of aromatic nitrogens is 1. The maximum absolute atomic E-state index is 11.8. The highest BCUT2D eigenvalue weighted by atomic mass is 32.1. The van der Waals surface area contributed by atoms with E-state index in [4.69, 9.17) is 0 Å². The zero-order valence-electron chi connectivity index (χ0n) is 10.9. The molecule has 2 aromatic heterocycles. The van der Waals surface area contributed by atoms with Crippen LogP contribution in [0.2, 0.25) is 0 Å². The summed E-state index contributed by atoms with van der Waals surface area (Å²) in [6.45, 7) is 1.97. The van der Waals surface area contributed by atoms with Gasteiger partial charge in [0.1, 0.15) is 0 Å². The van der Waals surface area contributed by atoms with E-state index < -0.39 is 0 Å². The molecule has 3 rings (SSSR count). The molecule has 2 N–H and O–H groups in total. The van der Waals surface area contributed by atoms with Gasteiger partial charge in [-0.25, -0.2) is 5.43 Å². The van der Waals surface area contributed by atoms with Gasteiger partial charge in [-0.3, -0.25) is 4.79 Å². The smallest absolute Gasteiger partial charge is 0.272 e. The molecule has 5 heteroatoms. The number of nitrogens with zero attached hydrogens (tertiary/aromatic N) is 1. The summed E-state index contributed by atoms with van der Waals surface area (Å²) >= 11 is 1.55. The Morgan fingerprint density at radius 3 is 3.05 bits per heavy atom. The molecule has 1 aromatic carbocycles. The van der Waals surface area contributed by atoms with Gasteiger partial charge in [-0.15, -0.1) is 11.3 Å². The van der Waals surface area contributed by atoms with Crippen molar-refractivity contribution in [2.45, 2.75) is 6.92 Å². The van der Waals surface area contributed by atoms with Gasteiger partial charge in [-0.2, -0.15) is 5.10 Å². The van der Waals surface area contributed by atoms with E-state index in [1.54, 1.807) is 17.6 Å². The number of carbonyl (C=O) groups is 1. The number of amides is 1. The van der Waals surface area contributed by atoms with Crippen molar-refractivity contribution >= 4 is 34.4 Å². The van der Waals surface area contributed by atoms with Gasteiger partial charge in [0, 0.05) is 32.9 Å². The Labute approximate surface area is 120 Å². The number of nitrogens with one attached hydrogen (secondary N) is 2. The third kappa shape index (κ3) is 2.48. The number of aryl methyl sites for hydroxylation is 1. The van der Waals surface area contributed by atoms with Crippen LogP contribution in [0.5, 0.6) is 0 Å². The van der Waals surface area contributed by atoms with Crippen molar-refractivity contribution < 1.29 is 4.79 Å². The fourth-order valence-electron chi connectivity index (χ4n) is 1.99. The molecule has 100 valence electrons.